The van der Waals surface area contributed by atoms with Crippen molar-refractivity contribution in [3.63, 3.8) is 0 Å². The zero-order chi connectivity index (χ0) is 21.3. The molecule has 0 aliphatic rings. The van der Waals surface area contributed by atoms with Crippen LogP contribution in [-0.4, -0.2) is 17.1 Å². The number of hydrogen-bond donors (Lipinski definition) is 1. The highest BCUT2D eigenvalue weighted by molar-refractivity contribution is 7.98. The van der Waals surface area contributed by atoms with Crippen LogP contribution >= 0.6 is 23.1 Å². The number of nitrogens with one attached hydrogen (secondary N) is 1. The van der Waals surface area contributed by atoms with Gasteiger partial charge in [0, 0.05) is 16.2 Å². The molecule has 2 aromatic heterocycles. The largest absolute Gasteiger partial charge is 0.496 e. The maximum atomic E-state index is 13.0. The number of thioether (sulfide) groups is 1. The van der Waals surface area contributed by atoms with Crippen molar-refractivity contribution >= 4 is 33.3 Å². The normalized spacial score (nSPS) is 10.9. The van der Waals surface area contributed by atoms with Crippen molar-refractivity contribution in [2.75, 3.05) is 7.11 Å². The third-order valence-corrected chi connectivity index (χ3v) is 6.77. The molecule has 2 aromatic carbocycles. The first-order chi connectivity index (χ1) is 14.5. The van der Waals surface area contributed by atoms with E-state index in [2.05, 4.69) is 11.1 Å². The fourth-order valence-corrected chi connectivity index (χ4v) is 5.34. The van der Waals surface area contributed by atoms with E-state index in [1.807, 2.05) is 50.2 Å². The predicted molar refractivity (Wildman–Crippen MR) is 122 cm³/mol. The fourth-order valence-electron chi connectivity index (χ4n) is 3.43. The van der Waals surface area contributed by atoms with Crippen LogP contribution in [0.25, 0.3) is 21.3 Å². The zero-order valence-corrected chi connectivity index (χ0v) is 18.4. The highest BCUT2D eigenvalue weighted by Crippen LogP contribution is 2.37. The summed E-state index contributed by atoms with van der Waals surface area (Å²) in [7, 11) is 1.65. The van der Waals surface area contributed by atoms with E-state index in [4.69, 9.17) is 15.0 Å². The van der Waals surface area contributed by atoms with Crippen molar-refractivity contribution in [3.05, 3.63) is 74.4 Å². The first kappa shape index (κ1) is 20.2. The Morgan fingerprint density at radius 2 is 2.07 bits per heavy atom. The van der Waals surface area contributed by atoms with Crippen molar-refractivity contribution in [1.82, 2.24) is 9.97 Å². The fraction of sp³-hybridized carbons (Fsp3) is 0.174. The molecule has 1 N–H and O–H groups in total. The Balaban J connectivity index is 1.69. The monoisotopic (exact) mass is 433 g/mol. The molecule has 4 aromatic rings. The highest BCUT2D eigenvalue weighted by atomic mass is 32.2. The number of nitriles is 1. The average molecular weight is 434 g/mol. The predicted octanol–water partition coefficient (Wildman–Crippen LogP) is 5.44. The standard InChI is InChI=1S/C23H19N3O2S2/c1-13-9-17(7-8-18(13)28-3)19-14(2)30-22-20(19)21(27)25-23(26-22)29-12-16-6-4-5-15(10-16)11-24/h4-10H,12H2,1-3H3,(H,25,26,27). The molecule has 0 spiro atoms. The molecule has 0 aliphatic heterocycles. The van der Waals surface area contributed by atoms with Gasteiger partial charge in [0.05, 0.1) is 24.1 Å². The lowest BCUT2D eigenvalue weighted by Gasteiger charge is -2.08. The lowest BCUT2D eigenvalue weighted by atomic mass is 10.0. The van der Waals surface area contributed by atoms with Gasteiger partial charge in [0.2, 0.25) is 0 Å². The van der Waals surface area contributed by atoms with Crippen molar-refractivity contribution in [1.29, 1.82) is 5.26 Å². The van der Waals surface area contributed by atoms with Gasteiger partial charge in [0.25, 0.3) is 5.56 Å². The summed E-state index contributed by atoms with van der Waals surface area (Å²) in [5.41, 5.74) is 4.42. The maximum Gasteiger partial charge on any atom is 0.260 e. The second kappa shape index (κ2) is 8.34. The van der Waals surface area contributed by atoms with E-state index in [-0.39, 0.29) is 5.56 Å². The number of aromatic amines is 1. The molecular weight excluding hydrogens is 414 g/mol. The summed E-state index contributed by atoms with van der Waals surface area (Å²) in [6, 6.07) is 15.5. The van der Waals surface area contributed by atoms with Gasteiger partial charge in [-0.3, -0.25) is 4.79 Å². The molecule has 2 heterocycles. The van der Waals surface area contributed by atoms with Gasteiger partial charge in [-0.05, 0) is 54.8 Å². The molecule has 7 heteroatoms. The van der Waals surface area contributed by atoms with Crippen molar-refractivity contribution in [2.45, 2.75) is 24.8 Å². The Morgan fingerprint density at radius 1 is 1.23 bits per heavy atom. The van der Waals surface area contributed by atoms with Gasteiger partial charge >= 0.3 is 0 Å². The van der Waals surface area contributed by atoms with Crippen LogP contribution in [0.2, 0.25) is 0 Å². The molecule has 0 bridgehead atoms. The number of methoxy groups -OCH3 is 1. The van der Waals surface area contributed by atoms with Gasteiger partial charge in [-0.2, -0.15) is 5.26 Å². The van der Waals surface area contributed by atoms with Crippen LogP contribution in [0.15, 0.2) is 52.4 Å². The number of hydrogen-bond acceptors (Lipinski definition) is 6. The van der Waals surface area contributed by atoms with Crippen LogP contribution < -0.4 is 10.3 Å². The first-order valence-electron chi connectivity index (χ1n) is 9.30. The summed E-state index contributed by atoms with van der Waals surface area (Å²) in [4.78, 5) is 22.4. The Bertz CT molecular complexity index is 1350. The number of ether oxygens (including phenoxy) is 1. The second-order valence-electron chi connectivity index (χ2n) is 6.87. The van der Waals surface area contributed by atoms with Crippen LogP contribution in [0.1, 0.15) is 21.6 Å². The molecule has 0 unspecified atom stereocenters. The number of aromatic nitrogens is 2. The third kappa shape index (κ3) is 3.84. The summed E-state index contributed by atoms with van der Waals surface area (Å²) < 4.78 is 5.35. The molecule has 150 valence electrons. The number of fused-ring (bicyclic) bond motifs is 1. The SMILES string of the molecule is COc1ccc(-c2c(C)sc3nc(SCc4cccc(C#N)c4)[nH]c(=O)c23)cc1C. The molecule has 5 nitrogen and oxygen atoms in total. The molecule has 0 aliphatic carbocycles. The summed E-state index contributed by atoms with van der Waals surface area (Å²) in [6.45, 7) is 4.01. The molecule has 4 rings (SSSR count). The molecule has 0 atom stereocenters. The number of rotatable bonds is 5. The smallest absolute Gasteiger partial charge is 0.260 e. The van der Waals surface area contributed by atoms with E-state index in [9.17, 15) is 4.79 Å². The minimum Gasteiger partial charge on any atom is -0.496 e. The zero-order valence-electron chi connectivity index (χ0n) is 16.8. The van der Waals surface area contributed by atoms with E-state index in [1.165, 1.54) is 23.1 Å². The van der Waals surface area contributed by atoms with E-state index < -0.39 is 0 Å². The van der Waals surface area contributed by atoms with Crippen molar-refractivity contribution < 1.29 is 4.74 Å². The van der Waals surface area contributed by atoms with Crippen LogP contribution in [0.4, 0.5) is 0 Å². The van der Waals surface area contributed by atoms with Crippen LogP contribution in [0.3, 0.4) is 0 Å². The Kier molecular flexibility index (Phi) is 5.62. The van der Waals surface area contributed by atoms with E-state index >= 15 is 0 Å². The van der Waals surface area contributed by atoms with Gasteiger partial charge in [0.1, 0.15) is 10.6 Å². The number of nitrogens with zero attached hydrogens (tertiary/aromatic N) is 2. The van der Waals surface area contributed by atoms with Crippen LogP contribution in [0, 0.1) is 25.2 Å². The molecule has 0 saturated heterocycles. The Hall–Kier alpha value is -3.08. The first-order valence-corrected chi connectivity index (χ1v) is 11.1. The average Bonchev–Trinajstić information content (AvgIpc) is 3.08. The van der Waals surface area contributed by atoms with Gasteiger partial charge in [-0.15, -0.1) is 11.3 Å². The molecule has 0 saturated carbocycles. The molecule has 0 amide bonds. The van der Waals surface area contributed by atoms with E-state index in [1.54, 1.807) is 13.2 Å². The highest BCUT2D eigenvalue weighted by Gasteiger charge is 2.17. The van der Waals surface area contributed by atoms with Crippen molar-refractivity contribution in [3.8, 4) is 22.9 Å². The maximum absolute atomic E-state index is 13.0. The van der Waals surface area contributed by atoms with Gasteiger partial charge < -0.3 is 9.72 Å². The number of thiophene rings is 1. The summed E-state index contributed by atoms with van der Waals surface area (Å²) >= 11 is 2.98. The summed E-state index contributed by atoms with van der Waals surface area (Å²) in [5, 5.41) is 10.2. The third-order valence-electron chi connectivity index (χ3n) is 4.83. The minimum absolute atomic E-state index is 0.138. The Labute approximate surface area is 182 Å². The van der Waals surface area contributed by atoms with E-state index in [0.29, 0.717) is 21.9 Å². The lowest BCUT2D eigenvalue weighted by molar-refractivity contribution is 0.412. The van der Waals surface area contributed by atoms with Gasteiger partial charge in [-0.25, -0.2) is 4.98 Å². The number of H-pyrrole nitrogens is 1. The van der Waals surface area contributed by atoms with E-state index in [0.717, 1.165) is 37.7 Å². The summed E-state index contributed by atoms with van der Waals surface area (Å²) in [5.74, 6) is 1.45. The van der Waals surface area contributed by atoms with Crippen LogP contribution in [0.5, 0.6) is 5.75 Å². The molecule has 0 radical (unpaired) electrons. The summed E-state index contributed by atoms with van der Waals surface area (Å²) in [6.07, 6.45) is 0. The lowest BCUT2D eigenvalue weighted by Crippen LogP contribution is -2.08. The number of benzene rings is 2. The molecular formula is C23H19N3O2S2. The molecule has 0 fully saturated rings. The minimum atomic E-state index is -0.138. The second-order valence-corrected chi connectivity index (χ2v) is 9.04. The Morgan fingerprint density at radius 3 is 2.80 bits per heavy atom. The van der Waals surface area contributed by atoms with Gasteiger partial charge in [0.15, 0.2) is 5.16 Å². The van der Waals surface area contributed by atoms with Crippen LogP contribution in [-0.2, 0) is 5.75 Å². The number of aryl methyl sites for hydroxylation is 2. The quantitative estimate of drug-likeness (QED) is 0.335. The van der Waals surface area contributed by atoms with Gasteiger partial charge in [-0.1, -0.05) is 30.0 Å². The molecule has 30 heavy (non-hydrogen) atoms. The van der Waals surface area contributed by atoms with Crippen molar-refractivity contribution in [2.24, 2.45) is 0 Å². The topological polar surface area (TPSA) is 78.8 Å².